The summed E-state index contributed by atoms with van der Waals surface area (Å²) in [6, 6.07) is 1.00. The third-order valence-electron chi connectivity index (χ3n) is 1.79. The Kier molecular flexibility index (Phi) is 5.38. The van der Waals surface area contributed by atoms with Crippen molar-refractivity contribution >= 4 is 16.9 Å². The van der Waals surface area contributed by atoms with Crippen LogP contribution < -0.4 is 5.73 Å². The molecule has 0 spiro atoms. The first-order valence-corrected chi connectivity index (χ1v) is 10.7. The van der Waals surface area contributed by atoms with Crippen LogP contribution in [0.1, 0.15) is 6.42 Å². The summed E-state index contributed by atoms with van der Waals surface area (Å²) in [6.07, 6.45) is 1.00. The lowest BCUT2D eigenvalue weighted by atomic mass is 10.5. The molecule has 13 heavy (non-hydrogen) atoms. The van der Waals surface area contributed by atoms with Crippen LogP contribution in [0.25, 0.3) is 0 Å². The van der Waals surface area contributed by atoms with Gasteiger partial charge in [0.25, 0.3) is 0 Å². The molecule has 0 heterocycles. The summed E-state index contributed by atoms with van der Waals surface area (Å²) in [5.74, 6) is 0. The van der Waals surface area contributed by atoms with Crippen molar-refractivity contribution in [2.75, 3.05) is 13.7 Å². The minimum atomic E-state index is -1.90. The highest BCUT2D eigenvalue weighted by Gasteiger charge is 2.34. The molecule has 0 aliphatic heterocycles. The number of hydrogen-bond donors (Lipinski definition) is 1. The van der Waals surface area contributed by atoms with Crippen LogP contribution in [-0.4, -0.2) is 30.5 Å². The minimum Gasteiger partial charge on any atom is -0.436 e. The van der Waals surface area contributed by atoms with Gasteiger partial charge in [-0.1, -0.05) is 0 Å². The Bertz CT molecular complexity index is 150. The van der Waals surface area contributed by atoms with Crippen LogP contribution in [0.4, 0.5) is 0 Å². The summed E-state index contributed by atoms with van der Waals surface area (Å²) in [7, 11) is -1.61. The molecule has 0 aromatic heterocycles. The zero-order valence-electron chi connectivity index (χ0n) is 9.52. The van der Waals surface area contributed by atoms with Gasteiger partial charge in [0.05, 0.1) is 0 Å². The van der Waals surface area contributed by atoms with E-state index in [1.807, 2.05) is 0 Å². The molecule has 0 amide bonds. The maximum Gasteiger partial charge on any atom is 0.324 e. The Morgan fingerprint density at radius 3 is 2.00 bits per heavy atom. The van der Waals surface area contributed by atoms with Crippen molar-refractivity contribution in [3.05, 3.63) is 0 Å². The van der Waals surface area contributed by atoms with E-state index in [1.54, 1.807) is 7.11 Å². The third kappa shape index (κ3) is 6.39. The summed E-state index contributed by atoms with van der Waals surface area (Å²) >= 11 is 0. The summed E-state index contributed by atoms with van der Waals surface area (Å²) in [4.78, 5) is 0. The normalized spacial score (nSPS) is 17.1. The predicted octanol–water partition coefficient (Wildman–Crippen LogP) is 1.91. The Hall–Kier alpha value is 0.314. The molecule has 3 nitrogen and oxygen atoms in total. The molecule has 5 heteroatoms. The lowest BCUT2D eigenvalue weighted by Gasteiger charge is -2.32. The Balaban J connectivity index is 4.11. The summed E-state index contributed by atoms with van der Waals surface area (Å²) in [6.45, 7) is 9.43. The van der Waals surface area contributed by atoms with Crippen molar-refractivity contribution in [3.63, 3.8) is 0 Å². The second kappa shape index (κ2) is 5.26. The molecule has 0 aromatic rings. The minimum absolute atomic E-state index is 0.723. The van der Waals surface area contributed by atoms with Gasteiger partial charge in [0.1, 0.15) is 0 Å². The highest BCUT2D eigenvalue weighted by Crippen LogP contribution is 2.19. The van der Waals surface area contributed by atoms with E-state index in [2.05, 4.69) is 26.2 Å². The first-order valence-electron chi connectivity index (χ1n) is 4.78. The zero-order valence-corrected chi connectivity index (χ0v) is 11.5. The standard InChI is InChI=1S/C8H23NO2Si2/c1-10-13(5,8-6-7-9)11-12(2,3)4/h6-9H2,1-5H3. The number of nitrogens with two attached hydrogens (primary N) is 1. The van der Waals surface area contributed by atoms with Gasteiger partial charge >= 0.3 is 8.56 Å². The monoisotopic (exact) mass is 221 g/mol. The van der Waals surface area contributed by atoms with E-state index in [1.165, 1.54) is 0 Å². The van der Waals surface area contributed by atoms with Gasteiger partial charge < -0.3 is 14.3 Å². The maximum absolute atomic E-state index is 6.08. The molecule has 0 rings (SSSR count). The molecule has 0 bridgehead atoms. The van der Waals surface area contributed by atoms with Crippen molar-refractivity contribution < 1.29 is 8.54 Å². The van der Waals surface area contributed by atoms with Gasteiger partial charge in [-0.05, 0) is 45.2 Å². The third-order valence-corrected chi connectivity index (χ3v) is 8.09. The molecule has 0 radical (unpaired) electrons. The predicted molar refractivity (Wildman–Crippen MR) is 61.5 cm³/mol. The number of rotatable bonds is 6. The van der Waals surface area contributed by atoms with Gasteiger partial charge in [0, 0.05) is 7.11 Å². The second-order valence-electron chi connectivity index (χ2n) is 4.44. The van der Waals surface area contributed by atoms with Crippen LogP contribution in [0.2, 0.25) is 32.2 Å². The van der Waals surface area contributed by atoms with Crippen LogP contribution >= 0.6 is 0 Å². The summed E-state index contributed by atoms with van der Waals surface area (Å²) in [5.41, 5.74) is 5.48. The molecule has 0 aliphatic carbocycles. The van der Waals surface area contributed by atoms with E-state index in [-0.39, 0.29) is 0 Å². The van der Waals surface area contributed by atoms with Gasteiger partial charge in [-0.3, -0.25) is 0 Å². The van der Waals surface area contributed by atoms with E-state index in [0.29, 0.717) is 0 Å². The van der Waals surface area contributed by atoms with Crippen LogP contribution in [0, 0.1) is 0 Å². The molecule has 0 fully saturated rings. The molecule has 0 saturated heterocycles. The molecule has 80 valence electrons. The van der Waals surface area contributed by atoms with Crippen molar-refractivity contribution in [1.82, 2.24) is 0 Å². The van der Waals surface area contributed by atoms with Gasteiger partial charge in [0.15, 0.2) is 8.32 Å². The number of hydrogen-bond acceptors (Lipinski definition) is 3. The Morgan fingerprint density at radius 1 is 1.15 bits per heavy atom. The average molecular weight is 221 g/mol. The fourth-order valence-corrected chi connectivity index (χ4v) is 8.24. The van der Waals surface area contributed by atoms with Crippen LogP contribution in [0.5, 0.6) is 0 Å². The van der Waals surface area contributed by atoms with Gasteiger partial charge in [-0.15, -0.1) is 0 Å². The zero-order chi connectivity index (χ0) is 10.5. The summed E-state index contributed by atoms with van der Waals surface area (Å²) in [5, 5.41) is 0. The van der Waals surface area contributed by atoms with Crippen LogP contribution in [-0.2, 0) is 8.54 Å². The van der Waals surface area contributed by atoms with Crippen molar-refractivity contribution in [3.8, 4) is 0 Å². The highest BCUT2D eigenvalue weighted by molar-refractivity contribution is 6.81. The lowest BCUT2D eigenvalue weighted by Crippen LogP contribution is -2.46. The fourth-order valence-electron chi connectivity index (χ4n) is 1.27. The molecule has 0 aromatic carbocycles. The second-order valence-corrected chi connectivity index (χ2v) is 12.7. The topological polar surface area (TPSA) is 44.5 Å². The van der Waals surface area contributed by atoms with Crippen LogP contribution in [0.3, 0.4) is 0 Å². The van der Waals surface area contributed by atoms with Gasteiger partial charge in [-0.25, -0.2) is 0 Å². The Morgan fingerprint density at radius 2 is 1.69 bits per heavy atom. The highest BCUT2D eigenvalue weighted by atomic mass is 28.4. The lowest BCUT2D eigenvalue weighted by molar-refractivity contribution is 0.301. The molecule has 0 saturated carbocycles. The van der Waals surface area contributed by atoms with Crippen LogP contribution in [0.15, 0.2) is 0 Å². The van der Waals surface area contributed by atoms with E-state index in [4.69, 9.17) is 14.3 Å². The average Bonchev–Trinajstić information content (AvgIpc) is 1.98. The Labute approximate surface area is 84.0 Å². The molecular weight excluding hydrogens is 198 g/mol. The SMILES string of the molecule is CO[Si](C)(CCCN)O[Si](C)(C)C. The smallest absolute Gasteiger partial charge is 0.324 e. The van der Waals surface area contributed by atoms with Crippen molar-refractivity contribution in [2.45, 2.75) is 38.7 Å². The molecule has 0 aliphatic rings. The largest absolute Gasteiger partial charge is 0.436 e. The van der Waals surface area contributed by atoms with Gasteiger partial charge in [-0.2, -0.15) is 0 Å². The van der Waals surface area contributed by atoms with Gasteiger partial charge in [0.2, 0.25) is 0 Å². The van der Waals surface area contributed by atoms with E-state index in [0.717, 1.165) is 19.0 Å². The van der Waals surface area contributed by atoms with E-state index in [9.17, 15) is 0 Å². The molecule has 1 atom stereocenters. The fraction of sp³-hybridized carbons (Fsp3) is 1.00. The molecular formula is C8H23NO2Si2. The first kappa shape index (κ1) is 13.3. The molecule has 2 N–H and O–H groups in total. The molecule has 1 unspecified atom stereocenters. The van der Waals surface area contributed by atoms with Crippen molar-refractivity contribution in [2.24, 2.45) is 5.73 Å². The quantitative estimate of drug-likeness (QED) is 0.697. The van der Waals surface area contributed by atoms with E-state index >= 15 is 0 Å². The van der Waals surface area contributed by atoms with Crippen molar-refractivity contribution in [1.29, 1.82) is 0 Å². The first-order chi connectivity index (χ1) is 5.83. The maximum atomic E-state index is 6.08. The van der Waals surface area contributed by atoms with E-state index < -0.39 is 16.9 Å². The summed E-state index contributed by atoms with van der Waals surface area (Å²) < 4.78 is 11.6.